The second-order valence-corrected chi connectivity index (χ2v) is 12.5. The highest BCUT2D eigenvalue weighted by molar-refractivity contribution is 7.46. The third kappa shape index (κ3) is 14.7. The third-order valence-corrected chi connectivity index (χ3v) is 7.27. The van der Waals surface area contributed by atoms with Gasteiger partial charge in [0.15, 0.2) is 11.6 Å². The lowest BCUT2D eigenvalue weighted by Crippen LogP contribution is -2.45. The van der Waals surface area contributed by atoms with E-state index in [1.54, 1.807) is 6.92 Å². The summed E-state index contributed by atoms with van der Waals surface area (Å²) in [4.78, 5) is 52.6. The van der Waals surface area contributed by atoms with E-state index < -0.39 is 68.4 Å². The lowest BCUT2D eigenvalue weighted by atomic mass is 9.95. The Morgan fingerprint density at radius 1 is 1.02 bits per heavy atom. The molecule has 12 nitrogen and oxygen atoms in total. The molecule has 0 bridgehead atoms. The van der Waals surface area contributed by atoms with Crippen LogP contribution in [0.5, 0.6) is 0 Å². The van der Waals surface area contributed by atoms with Crippen molar-refractivity contribution in [2.75, 3.05) is 20.5 Å². The number of carbonyl (C=O) groups is 2. The molecule has 1 amide bonds. The number of phosphoric ester groups is 1. The zero-order valence-corrected chi connectivity index (χ0v) is 28.4. The van der Waals surface area contributed by atoms with Gasteiger partial charge in [-0.3, -0.25) is 19.9 Å². The number of amidine groups is 1. The van der Waals surface area contributed by atoms with Crippen molar-refractivity contribution in [3.8, 4) is 0 Å². The van der Waals surface area contributed by atoms with Gasteiger partial charge in [-0.1, -0.05) is 32.8 Å². The van der Waals surface area contributed by atoms with E-state index in [9.17, 15) is 36.1 Å². The van der Waals surface area contributed by atoms with Crippen molar-refractivity contribution >= 4 is 31.5 Å². The summed E-state index contributed by atoms with van der Waals surface area (Å²) < 4.78 is 93.2. The Kier molecular flexibility index (Phi) is 15.9. The molecule has 0 aromatic heterocycles. The number of hydrogen-bond donors (Lipinski definition) is 4. The van der Waals surface area contributed by atoms with E-state index in [0.29, 0.717) is 6.07 Å². The van der Waals surface area contributed by atoms with Crippen molar-refractivity contribution in [3.63, 3.8) is 0 Å². The maximum absolute atomic E-state index is 13.9. The van der Waals surface area contributed by atoms with Crippen LogP contribution < -0.4 is 10.6 Å². The monoisotopic (exact) mass is 722 g/mol. The van der Waals surface area contributed by atoms with Crippen molar-refractivity contribution in [3.05, 3.63) is 70.3 Å². The van der Waals surface area contributed by atoms with Crippen molar-refractivity contribution in [2.45, 2.75) is 71.6 Å². The Hall–Kier alpha value is -3.76. The number of hydrogen-bond acceptors (Lipinski definition) is 8. The Morgan fingerprint density at radius 3 is 2.29 bits per heavy atom. The fourth-order valence-corrected chi connectivity index (χ4v) is 4.84. The predicted molar refractivity (Wildman–Crippen MR) is 170 cm³/mol. The fourth-order valence-electron chi connectivity index (χ4n) is 4.65. The van der Waals surface area contributed by atoms with Crippen LogP contribution in [0.3, 0.4) is 0 Å². The zero-order chi connectivity index (χ0) is 36.9. The number of ether oxygens (including phenoxy) is 2. The van der Waals surface area contributed by atoms with Crippen LogP contribution in [-0.2, 0) is 29.5 Å². The summed E-state index contributed by atoms with van der Waals surface area (Å²) in [6, 6.07) is 3.80. The topological polar surface area (TPSA) is 168 Å². The van der Waals surface area contributed by atoms with Gasteiger partial charge in [0.05, 0.1) is 30.7 Å². The van der Waals surface area contributed by atoms with Gasteiger partial charge >= 0.3 is 20.0 Å². The summed E-state index contributed by atoms with van der Waals surface area (Å²) in [6.45, 7) is 5.89. The number of nitrogens with one attached hydrogen (secondary N) is 2. The average molecular weight is 723 g/mol. The van der Waals surface area contributed by atoms with Crippen molar-refractivity contribution in [1.82, 2.24) is 10.6 Å². The average Bonchev–Trinajstić information content (AvgIpc) is 2.97. The molecule has 0 aliphatic heterocycles. The van der Waals surface area contributed by atoms with Crippen molar-refractivity contribution in [1.29, 1.82) is 0 Å². The Balaban J connectivity index is 2.66. The summed E-state index contributed by atoms with van der Waals surface area (Å²) in [5.74, 6) is -4.74. The van der Waals surface area contributed by atoms with E-state index in [1.165, 1.54) is 14.0 Å². The number of phosphoric acid groups is 1. The lowest BCUT2D eigenvalue weighted by Gasteiger charge is -2.22. The molecule has 3 atom stereocenters. The Morgan fingerprint density at radius 2 is 1.71 bits per heavy atom. The number of halogens is 5. The number of rotatable bonds is 15. The van der Waals surface area contributed by atoms with Crippen LogP contribution in [0.4, 0.5) is 22.0 Å². The molecule has 0 radical (unpaired) electrons. The van der Waals surface area contributed by atoms with E-state index in [4.69, 9.17) is 19.3 Å². The summed E-state index contributed by atoms with van der Waals surface area (Å²) in [7, 11) is -3.53. The number of guanidine groups is 1. The normalized spacial score (nSPS) is 14.6. The number of alkyl halides is 3. The Bertz CT molecular complexity index is 1550. The molecule has 0 spiro atoms. The van der Waals surface area contributed by atoms with Gasteiger partial charge in [-0.2, -0.15) is 13.2 Å². The van der Waals surface area contributed by atoms with Crippen LogP contribution in [0.1, 0.15) is 73.5 Å². The number of benzene rings is 2. The molecule has 0 saturated carbocycles. The predicted octanol–water partition coefficient (Wildman–Crippen LogP) is 5.64. The zero-order valence-electron chi connectivity index (χ0n) is 27.5. The fraction of sp³-hybridized carbons (Fsp3) is 0.484. The molecule has 3 unspecified atom stereocenters. The van der Waals surface area contributed by atoms with E-state index in [-0.39, 0.29) is 47.4 Å². The number of esters is 1. The van der Waals surface area contributed by atoms with Gasteiger partial charge in [0.1, 0.15) is 5.84 Å². The van der Waals surface area contributed by atoms with Crippen LogP contribution in [0.2, 0.25) is 0 Å². The SMILES string of the molecule is CCCC(C)CC(CC(=O)OCOP(=O)(O)O)N=C(NC(=NC(C)COC)NC(=O)c1ccc(F)c(F)c1)c1ccc(C(F)(F)F)cc1C. The number of methoxy groups -OCH3 is 1. The van der Waals surface area contributed by atoms with Gasteiger partial charge in [-0.15, -0.1) is 0 Å². The third-order valence-electron chi connectivity index (χ3n) is 6.83. The standard InChI is InChI=1S/C31H40F5N4O8P/c1-6-7-18(2)12-23(15-27(41)47-17-48-49(43,44)45)38-28(24-10-9-22(13-19(24)3)31(34,35)36)39-30(37-20(4)16-46-5)40-29(42)21-8-11-25(32)26(33)14-21/h8-11,13-14,18,20,23H,6-7,12,15-17H2,1-5H3,(H2,43,44,45)(H2,37,38,39,40,42). The Labute approximate surface area is 280 Å². The molecule has 4 N–H and O–H groups in total. The molecule has 2 rings (SSSR count). The van der Waals surface area contributed by atoms with Gasteiger partial charge in [0, 0.05) is 18.2 Å². The number of amides is 1. The molecule has 0 aliphatic carbocycles. The first kappa shape index (κ1) is 41.4. The maximum Gasteiger partial charge on any atom is 0.472 e. The first-order valence-corrected chi connectivity index (χ1v) is 16.6. The second kappa shape index (κ2) is 18.9. The van der Waals surface area contributed by atoms with Gasteiger partial charge in [-0.25, -0.2) is 22.9 Å². The molecule has 18 heteroatoms. The van der Waals surface area contributed by atoms with Crippen LogP contribution in [-0.4, -0.2) is 66.1 Å². The minimum absolute atomic E-state index is 0.0178. The minimum Gasteiger partial charge on any atom is -0.438 e. The van der Waals surface area contributed by atoms with E-state index in [0.717, 1.165) is 43.2 Å². The number of aryl methyl sites for hydroxylation is 1. The van der Waals surface area contributed by atoms with Crippen LogP contribution in [0, 0.1) is 24.5 Å². The molecular formula is C31H40F5N4O8P. The number of carbonyl (C=O) groups excluding carboxylic acids is 2. The van der Waals surface area contributed by atoms with Crippen LogP contribution in [0.25, 0.3) is 0 Å². The van der Waals surface area contributed by atoms with E-state index in [2.05, 4.69) is 25.1 Å². The second-order valence-electron chi connectivity index (χ2n) is 11.2. The number of aliphatic imine (C=N–C) groups is 2. The smallest absolute Gasteiger partial charge is 0.438 e. The van der Waals surface area contributed by atoms with E-state index >= 15 is 0 Å². The van der Waals surface area contributed by atoms with Crippen LogP contribution in [0.15, 0.2) is 46.4 Å². The summed E-state index contributed by atoms with van der Waals surface area (Å²) in [6.07, 6.45) is -3.33. The first-order chi connectivity index (χ1) is 22.8. The van der Waals surface area contributed by atoms with Crippen LogP contribution >= 0.6 is 7.82 Å². The lowest BCUT2D eigenvalue weighted by molar-refractivity contribution is -0.151. The summed E-state index contributed by atoms with van der Waals surface area (Å²) in [5, 5.41) is 5.30. The van der Waals surface area contributed by atoms with E-state index in [1.807, 2.05) is 13.8 Å². The summed E-state index contributed by atoms with van der Waals surface area (Å²) >= 11 is 0. The maximum atomic E-state index is 13.9. The molecule has 0 saturated heterocycles. The summed E-state index contributed by atoms with van der Waals surface area (Å²) in [5.41, 5.74) is -0.976. The highest BCUT2D eigenvalue weighted by atomic mass is 31.2. The minimum atomic E-state index is -4.94. The van der Waals surface area contributed by atoms with Gasteiger partial charge < -0.3 is 24.6 Å². The molecule has 2 aromatic carbocycles. The van der Waals surface area contributed by atoms with Gasteiger partial charge in [0.25, 0.3) is 5.91 Å². The molecule has 2 aromatic rings. The van der Waals surface area contributed by atoms with Gasteiger partial charge in [-0.05, 0) is 62.1 Å². The quantitative estimate of drug-likeness (QED) is 0.0454. The largest absolute Gasteiger partial charge is 0.472 e. The highest BCUT2D eigenvalue weighted by Gasteiger charge is 2.31. The highest BCUT2D eigenvalue weighted by Crippen LogP contribution is 2.35. The van der Waals surface area contributed by atoms with Gasteiger partial charge in [0.2, 0.25) is 12.8 Å². The van der Waals surface area contributed by atoms with Crippen molar-refractivity contribution < 1.29 is 59.9 Å². The molecule has 0 fully saturated rings. The molecule has 49 heavy (non-hydrogen) atoms. The molecule has 0 aliphatic rings. The molecule has 272 valence electrons. The molecular weight excluding hydrogens is 682 g/mol. The first-order valence-electron chi connectivity index (χ1n) is 15.0. The molecule has 0 heterocycles. The van der Waals surface area contributed by atoms with Crippen molar-refractivity contribution in [2.24, 2.45) is 15.9 Å². The number of nitrogens with zero attached hydrogens (tertiary/aromatic N) is 2.